The molecule has 0 bridgehead atoms. The third kappa shape index (κ3) is 5.28. The van der Waals surface area contributed by atoms with Crippen LogP contribution in [-0.2, 0) is 4.79 Å². The number of hydrogen-bond acceptors (Lipinski definition) is 5. The van der Waals surface area contributed by atoms with Crippen LogP contribution in [-0.4, -0.2) is 61.4 Å². The molecule has 0 saturated heterocycles. The molecule has 3 N–H and O–H groups in total. The summed E-state index contributed by atoms with van der Waals surface area (Å²) in [5.41, 5.74) is 1.96. The molecule has 0 heterocycles. The smallest absolute Gasteiger partial charge is 0.317 e. The van der Waals surface area contributed by atoms with Crippen molar-refractivity contribution < 1.29 is 24.2 Å². The van der Waals surface area contributed by atoms with Crippen LogP contribution >= 0.6 is 0 Å². The molecule has 0 spiro atoms. The monoisotopic (exact) mass is 393 g/mol. The number of likely N-dealkylation sites (N-methyl/N-ethyl adjacent to an activating group) is 1. The van der Waals surface area contributed by atoms with Crippen molar-refractivity contribution in [2.75, 3.05) is 27.3 Å². The number of carbonyl (C=O) groups excluding carboxylic acids is 1. The minimum absolute atomic E-state index is 0.0374. The second-order valence-electron chi connectivity index (χ2n) is 7.18. The van der Waals surface area contributed by atoms with Crippen LogP contribution in [0.25, 0.3) is 0 Å². The lowest BCUT2D eigenvalue weighted by Gasteiger charge is -2.42. The lowest BCUT2D eigenvalue weighted by atomic mass is 9.85. The molecule has 28 heavy (non-hydrogen) atoms. The van der Waals surface area contributed by atoms with Crippen molar-refractivity contribution in [3.05, 3.63) is 23.3 Å². The van der Waals surface area contributed by atoms with E-state index < -0.39 is 5.97 Å². The first-order valence-electron chi connectivity index (χ1n) is 9.54. The zero-order chi connectivity index (χ0) is 20.8. The second kappa shape index (κ2) is 9.64. The number of methoxy groups -OCH3 is 2. The number of amides is 2. The van der Waals surface area contributed by atoms with Gasteiger partial charge in [0.2, 0.25) is 0 Å². The SMILES string of the molecule is CCN(CC(=O)O)C1CC(NC(=O)NC(C)c2cc(OC)c(OC)cc2C)C1. The van der Waals surface area contributed by atoms with Gasteiger partial charge in [-0.05, 0) is 56.5 Å². The highest BCUT2D eigenvalue weighted by Gasteiger charge is 2.34. The third-order valence-corrected chi connectivity index (χ3v) is 5.30. The maximum atomic E-state index is 12.4. The maximum Gasteiger partial charge on any atom is 0.317 e. The Kier molecular flexibility index (Phi) is 7.51. The fraction of sp³-hybridized carbons (Fsp3) is 0.600. The number of ether oxygens (including phenoxy) is 2. The van der Waals surface area contributed by atoms with Crippen molar-refractivity contribution in [1.82, 2.24) is 15.5 Å². The normalized spacial score (nSPS) is 19.5. The summed E-state index contributed by atoms with van der Waals surface area (Å²) in [4.78, 5) is 25.2. The van der Waals surface area contributed by atoms with E-state index in [2.05, 4.69) is 10.6 Å². The minimum atomic E-state index is -0.824. The molecule has 0 aromatic heterocycles. The molecular weight excluding hydrogens is 362 g/mol. The zero-order valence-electron chi connectivity index (χ0n) is 17.2. The van der Waals surface area contributed by atoms with Gasteiger partial charge in [0.15, 0.2) is 11.5 Å². The van der Waals surface area contributed by atoms with Gasteiger partial charge in [-0.1, -0.05) is 6.92 Å². The van der Waals surface area contributed by atoms with E-state index in [1.54, 1.807) is 14.2 Å². The standard InChI is InChI=1S/C20H31N3O5/c1-6-23(11-19(24)25)15-8-14(9-15)22-20(26)21-13(3)16-10-18(28-5)17(27-4)7-12(16)2/h7,10,13-15H,6,8-9,11H2,1-5H3,(H,24,25)(H2,21,22,26). The van der Waals surface area contributed by atoms with Crippen LogP contribution in [0.1, 0.15) is 43.9 Å². The van der Waals surface area contributed by atoms with Crippen LogP contribution in [0.5, 0.6) is 11.5 Å². The minimum Gasteiger partial charge on any atom is -0.493 e. The van der Waals surface area contributed by atoms with Gasteiger partial charge in [-0.3, -0.25) is 9.69 Å². The Morgan fingerprint density at radius 1 is 1.25 bits per heavy atom. The highest BCUT2D eigenvalue weighted by atomic mass is 16.5. The molecule has 1 saturated carbocycles. The van der Waals surface area contributed by atoms with Crippen molar-refractivity contribution in [1.29, 1.82) is 0 Å². The number of benzene rings is 1. The van der Waals surface area contributed by atoms with Crippen molar-refractivity contribution in [2.45, 2.75) is 51.7 Å². The molecule has 1 unspecified atom stereocenters. The first-order valence-corrected chi connectivity index (χ1v) is 9.54. The number of rotatable bonds is 9. The number of carboxylic acid groups (broad SMARTS) is 1. The van der Waals surface area contributed by atoms with E-state index in [0.717, 1.165) is 24.0 Å². The van der Waals surface area contributed by atoms with Crippen LogP contribution in [0.2, 0.25) is 0 Å². The Morgan fingerprint density at radius 3 is 2.39 bits per heavy atom. The molecule has 1 atom stereocenters. The molecule has 2 amide bonds. The van der Waals surface area contributed by atoms with Crippen molar-refractivity contribution in [2.24, 2.45) is 0 Å². The van der Waals surface area contributed by atoms with Gasteiger partial charge in [-0.25, -0.2) is 4.79 Å². The first-order chi connectivity index (χ1) is 13.3. The third-order valence-electron chi connectivity index (χ3n) is 5.30. The summed E-state index contributed by atoms with van der Waals surface area (Å²) >= 11 is 0. The molecule has 1 aliphatic carbocycles. The summed E-state index contributed by atoms with van der Waals surface area (Å²) in [6, 6.07) is 3.61. The number of hydrogen-bond donors (Lipinski definition) is 3. The zero-order valence-corrected chi connectivity index (χ0v) is 17.2. The van der Waals surface area contributed by atoms with Crippen LogP contribution < -0.4 is 20.1 Å². The average molecular weight is 393 g/mol. The van der Waals surface area contributed by atoms with E-state index >= 15 is 0 Å². The van der Waals surface area contributed by atoms with Crippen LogP contribution in [0.4, 0.5) is 4.79 Å². The molecule has 1 fully saturated rings. The Hall–Kier alpha value is -2.48. The number of aryl methyl sites for hydroxylation is 1. The predicted molar refractivity (Wildman–Crippen MR) is 106 cm³/mol. The van der Waals surface area contributed by atoms with Crippen molar-refractivity contribution in [3.8, 4) is 11.5 Å². The van der Waals surface area contributed by atoms with E-state index in [1.165, 1.54) is 0 Å². The summed E-state index contributed by atoms with van der Waals surface area (Å²) in [5.74, 6) is 0.454. The van der Waals surface area contributed by atoms with Gasteiger partial charge in [-0.2, -0.15) is 0 Å². The van der Waals surface area contributed by atoms with Gasteiger partial charge in [0, 0.05) is 12.1 Å². The number of carboxylic acids is 1. The maximum absolute atomic E-state index is 12.4. The predicted octanol–water partition coefficient (Wildman–Crippen LogP) is 2.31. The van der Waals surface area contributed by atoms with Gasteiger partial charge in [0.05, 0.1) is 26.8 Å². The van der Waals surface area contributed by atoms with E-state index in [0.29, 0.717) is 18.0 Å². The molecule has 0 aliphatic heterocycles. The van der Waals surface area contributed by atoms with E-state index in [1.807, 2.05) is 37.8 Å². The van der Waals surface area contributed by atoms with Gasteiger partial charge in [-0.15, -0.1) is 0 Å². The molecule has 0 radical (unpaired) electrons. The van der Waals surface area contributed by atoms with Crippen LogP contribution in [0.3, 0.4) is 0 Å². The van der Waals surface area contributed by atoms with Crippen molar-refractivity contribution in [3.63, 3.8) is 0 Å². The average Bonchev–Trinajstić information content (AvgIpc) is 2.61. The molecule has 156 valence electrons. The number of carbonyl (C=O) groups is 2. The van der Waals surface area contributed by atoms with Crippen LogP contribution in [0, 0.1) is 6.92 Å². The topological polar surface area (TPSA) is 100 Å². The summed E-state index contributed by atoms with van der Waals surface area (Å²) in [6.07, 6.45) is 1.52. The number of aliphatic carboxylic acids is 1. The van der Waals surface area contributed by atoms with E-state index in [-0.39, 0.29) is 30.7 Å². The van der Waals surface area contributed by atoms with Gasteiger partial charge >= 0.3 is 12.0 Å². The summed E-state index contributed by atoms with van der Waals surface area (Å²) in [6.45, 7) is 6.56. The molecular formula is C20H31N3O5. The largest absolute Gasteiger partial charge is 0.493 e. The molecule has 2 rings (SSSR count). The van der Waals surface area contributed by atoms with E-state index in [9.17, 15) is 9.59 Å². The highest BCUT2D eigenvalue weighted by molar-refractivity contribution is 5.75. The molecule has 1 aromatic carbocycles. The lowest BCUT2D eigenvalue weighted by Crippen LogP contribution is -2.56. The molecule has 8 heteroatoms. The Bertz CT molecular complexity index is 703. The number of nitrogens with one attached hydrogen (secondary N) is 2. The number of urea groups is 1. The Morgan fingerprint density at radius 2 is 1.86 bits per heavy atom. The highest BCUT2D eigenvalue weighted by Crippen LogP contribution is 2.33. The first kappa shape index (κ1) is 21.8. The fourth-order valence-electron chi connectivity index (χ4n) is 3.64. The molecule has 1 aliphatic rings. The van der Waals surface area contributed by atoms with Gasteiger partial charge < -0.3 is 25.2 Å². The van der Waals surface area contributed by atoms with E-state index in [4.69, 9.17) is 14.6 Å². The molecule has 1 aromatic rings. The number of nitrogens with zero attached hydrogens (tertiary/aromatic N) is 1. The Balaban J connectivity index is 1.88. The Labute approximate surface area is 166 Å². The van der Waals surface area contributed by atoms with Crippen LogP contribution in [0.15, 0.2) is 12.1 Å². The molecule has 8 nitrogen and oxygen atoms in total. The van der Waals surface area contributed by atoms with Gasteiger partial charge in [0.25, 0.3) is 0 Å². The summed E-state index contributed by atoms with van der Waals surface area (Å²) in [7, 11) is 3.17. The van der Waals surface area contributed by atoms with Crippen molar-refractivity contribution >= 4 is 12.0 Å². The quantitative estimate of drug-likeness (QED) is 0.595. The second-order valence-corrected chi connectivity index (χ2v) is 7.18. The summed E-state index contributed by atoms with van der Waals surface area (Å²) < 4.78 is 10.7. The van der Waals surface area contributed by atoms with Gasteiger partial charge in [0.1, 0.15) is 0 Å². The fourth-order valence-corrected chi connectivity index (χ4v) is 3.64. The lowest BCUT2D eigenvalue weighted by molar-refractivity contribution is -0.139. The summed E-state index contributed by atoms with van der Waals surface area (Å²) in [5, 5.41) is 14.9.